The summed E-state index contributed by atoms with van der Waals surface area (Å²) in [4.78, 5) is 24.5. The Morgan fingerprint density at radius 1 is 1.29 bits per heavy atom. The highest BCUT2D eigenvalue weighted by molar-refractivity contribution is 7.98. The molecule has 0 heterocycles. The molecule has 0 aliphatic carbocycles. The molecule has 1 aromatic rings. The number of hydrogen-bond donors (Lipinski definition) is 1. The van der Waals surface area contributed by atoms with Crippen LogP contribution in [0.25, 0.3) is 0 Å². The average Bonchev–Trinajstić information content (AvgIpc) is 2.29. The van der Waals surface area contributed by atoms with Crippen molar-refractivity contribution in [1.29, 1.82) is 0 Å². The third-order valence-electron chi connectivity index (χ3n) is 2.31. The van der Waals surface area contributed by atoms with Gasteiger partial charge in [0, 0.05) is 11.9 Å². The van der Waals surface area contributed by atoms with Crippen LogP contribution in [0, 0.1) is 0 Å². The summed E-state index contributed by atoms with van der Waals surface area (Å²) in [6.45, 7) is -0.262. The Morgan fingerprint density at radius 3 is 2.35 bits per heavy atom. The maximum absolute atomic E-state index is 11.7. The molecule has 0 spiro atoms. The summed E-state index contributed by atoms with van der Waals surface area (Å²) < 4.78 is 0. The molecular formula is C12H15NO3S. The Labute approximate surface area is 105 Å². The Hall–Kier alpha value is -1.49. The molecule has 4 nitrogen and oxygen atoms in total. The second-order valence-corrected chi connectivity index (χ2v) is 4.55. The van der Waals surface area contributed by atoms with Crippen molar-refractivity contribution in [3.05, 3.63) is 29.8 Å². The lowest BCUT2D eigenvalue weighted by molar-refractivity contribution is -0.143. The monoisotopic (exact) mass is 253 g/mol. The molecule has 1 N–H and O–H groups in total. The first kappa shape index (κ1) is 13.6. The number of likely N-dealkylation sites (N-methyl/N-ethyl adjacent to an activating group) is 1. The highest BCUT2D eigenvalue weighted by Crippen LogP contribution is 2.15. The lowest BCUT2D eigenvalue weighted by Gasteiger charge is -2.14. The molecule has 0 radical (unpaired) electrons. The van der Waals surface area contributed by atoms with Gasteiger partial charge < -0.3 is 10.0 Å². The third kappa shape index (κ3) is 4.48. The van der Waals surface area contributed by atoms with Gasteiger partial charge in [-0.25, -0.2) is 0 Å². The fourth-order valence-electron chi connectivity index (χ4n) is 1.34. The lowest BCUT2D eigenvalue weighted by Crippen LogP contribution is -2.33. The number of carboxylic acid groups (broad SMARTS) is 1. The maximum Gasteiger partial charge on any atom is 0.323 e. The molecule has 5 heteroatoms. The van der Waals surface area contributed by atoms with Crippen LogP contribution in [-0.4, -0.2) is 41.7 Å². The predicted molar refractivity (Wildman–Crippen MR) is 67.2 cm³/mol. The van der Waals surface area contributed by atoms with E-state index >= 15 is 0 Å². The van der Waals surface area contributed by atoms with E-state index in [1.165, 1.54) is 11.9 Å². The standard InChI is InChI=1S/C12H15NO3S/c1-13(8-12(15)16)11(14)7-9-3-5-10(17-2)6-4-9/h3-6H,7-8H2,1-2H3,(H,15,16). The van der Waals surface area contributed by atoms with Crippen molar-refractivity contribution in [2.45, 2.75) is 11.3 Å². The Bertz CT molecular complexity index is 403. The number of amides is 1. The van der Waals surface area contributed by atoms with Gasteiger partial charge in [0.1, 0.15) is 6.54 Å². The summed E-state index contributed by atoms with van der Waals surface area (Å²) >= 11 is 1.64. The van der Waals surface area contributed by atoms with Gasteiger partial charge in [-0.15, -0.1) is 11.8 Å². The van der Waals surface area contributed by atoms with E-state index in [1.807, 2.05) is 30.5 Å². The van der Waals surface area contributed by atoms with Crippen molar-refractivity contribution in [2.75, 3.05) is 19.8 Å². The summed E-state index contributed by atoms with van der Waals surface area (Å²) in [5.74, 6) is -1.19. The largest absolute Gasteiger partial charge is 0.480 e. The van der Waals surface area contributed by atoms with E-state index in [4.69, 9.17) is 5.11 Å². The summed E-state index contributed by atoms with van der Waals surface area (Å²) in [6, 6.07) is 7.67. The first-order valence-corrected chi connectivity index (χ1v) is 6.34. The molecule has 0 aliphatic heterocycles. The van der Waals surface area contributed by atoms with Crippen LogP contribution in [0.2, 0.25) is 0 Å². The molecule has 0 aromatic heterocycles. The zero-order chi connectivity index (χ0) is 12.8. The van der Waals surface area contributed by atoms with E-state index in [-0.39, 0.29) is 18.9 Å². The Kier molecular flexibility index (Phi) is 5.03. The Balaban J connectivity index is 2.58. The highest BCUT2D eigenvalue weighted by Gasteiger charge is 2.12. The second-order valence-electron chi connectivity index (χ2n) is 3.67. The first-order chi connectivity index (χ1) is 8.02. The van der Waals surface area contributed by atoms with Gasteiger partial charge in [-0.3, -0.25) is 9.59 Å². The molecule has 0 atom stereocenters. The number of carboxylic acids is 1. The van der Waals surface area contributed by atoms with Gasteiger partial charge in [-0.1, -0.05) is 12.1 Å². The molecule has 1 amide bonds. The van der Waals surface area contributed by atoms with Crippen molar-refractivity contribution in [2.24, 2.45) is 0 Å². The highest BCUT2D eigenvalue weighted by atomic mass is 32.2. The van der Waals surface area contributed by atoms with E-state index < -0.39 is 5.97 Å². The van der Waals surface area contributed by atoms with Crippen molar-refractivity contribution >= 4 is 23.6 Å². The van der Waals surface area contributed by atoms with Gasteiger partial charge in [0.05, 0.1) is 6.42 Å². The van der Waals surface area contributed by atoms with E-state index in [0.717, 1.165) is 10.5 Å². The number of aliphatic carboxylic acids is 1. The number of thioether (sulfide) groups is 1. The summed E-state index contributed by atoms with van der Waals surface area (Å²) in [5.41, 5.74) is 0.894. The quantitative estimate of drug-likeness (QED) is 0.808. The molecule has 92 valence electrons. The van der Waals surface area contributed by atoms with Gasteiger partial charge in [0.2, 0.25) is 5.91 Å². The lowest BCUT2D eigenvalue weighted by atomic mass is 10.1. The molecule has 17 heavy (non-hydrogen) atoms. The van der Waals surface area contributed by atoms with Crippen LogP contribution >= 0.6 is 11.8 Å². The SMILES string of the molecule is CSc1ccc(CC(=O)N(C)CC(=O)O)cc1. The fourth-order valence-corrected chi connectivity index (χ4v) is 1.75. The second kappa shape index (κ2) is 6.30. The van der Waals surface area contributed by atoms with Gasteiger partial charge in [0.25, 0.3) is 0 Å². The molecule has 1 aromatic carbocycles. The maximum atomic E-state index is 11.7. The normalized spacial score (nSPS) is 10.0. The summed E-state index contributed by atoms with van der Waals surface area (Å²) in [6.07, 6.45) is 2.22. The molecule has 1 rings (SSSR count). The van der Waals surface area contributed by atoms with Gasteiger partial charge in [-0.2, -0.15) is 0 Å². The minimum absolute atomic E-state index is 0.190. The van der Waals surface area contributed by atoms with Crippen LogP contribution in [0.5, 0.6) is 0 Å². The van der Waals surface area contributed by atoms with Crippen LogP contribution in [-0.2, 0) is 16.0 Å². The number of carbonyl (C=O) groups excluding carboxylic acids is 1. The van der Waals surface area contributed by atoms with E-state index in [0.29, 0.717) is 0 Å². The third-order valence-corrected chi connectivity index (χ3v) is 3.06. The van der Waals surface area contributed by atoms with E-state index in [9.17, 15) is 9.59 Å². The molecule has 0 bridgehead atoms. The number of carbonyl (C=O) groups is 2. The van der Waals surface area contributed by atoms with Crippen LogP contribution in [0.1, 0.15) is 5.56 Å². The zero-order valence-corrected chi connectivity index (χ0v) is 10.7. The van der Waals surface area contributed by atoms with E-state index in [1.54, 1.807) is 11.8 Å². The van der Waals surface area contributed by atoms with Crippen molar-refractivity contribution < 1.29 is 14.7 Å². The van der Waals surface area contributed by atoms with Gasteiger partial charge in [-0.05, 0) is 24.0 Å². The number of rotatable bonds is 5. The topological polar surface area (TPSA) is 57.6 Å². The van der Waals surface area contributed by atoms with Crippen LogP contribution in [0.15, 0.2) is 29.2 Å². The van der Waals surface area contributed by atoms with E-state index in [2.05, 4.69) is 0 Å². The average molecular weight is 253 g/mol. The van der Waals surface area contributed by atoms with Crippen LogP contribution < -0.4 is 0 Å². The number of hydrogen-bond acceptors (Lipinski definition) is 3. The van der Waals surface area contributed by atoms with Crippen molar-refractivity contribution in [3.63, 3.8) is 0 Å². The van der Waals surface area contributed by atoms with Gasteiger partial charge >= 0.3 is 5.97 Å². The fraction of sp³-hybridized carbons (Fsp3) is 0.333. The molecule has 0 saturated heterocycles. The molecular weight excluding hydrogens is 238 g/mol. The van der Waals surface area contributed by atoms with Gasteiger partial charge in [0.15, 0.2) is 0 Å². The predicted octanol–water partition coefficient (Wildman–Crippen LogP) is 1.49. The van der Waals surface area contributed by atoms with Crippen LogP contribution in [0.3, 0.4) is 0 Å². The minimum Gasteiger partial charge on any atom is -0.480 e. The number of nitrogens with zero attached hydrogens (tertiary/aromatic N) is 1. The minimum atomic E-state index is -1.00. The summed E-state index contributed by atoms with van der Waals surface area (Å²) in [7, 11) is 1.49. The van der Waals surface area contributed by atoms with Crippen molar-refractivity contribution in [3.8, 4) is 0 Å². The van der Waals surface area contributed by atoms with Crippen LogP contribution in [0.4, 0.5) is 0 Å². The molecule has 0 unspecified atom stereocenters. The Morgan fingerprint density at radius 2 is 1.88 bits per heavy atom. The van der Waals surface area contributed by atoms with Crippen molar-refractivity contribution in [1.82, 2.24) is 4.90 Å². The number of benzene rings is 1. The molecule has 0 fully saturated rings. The smallest absolute Gasteiger partial charge is 0.323 e. The summed E-state index contributed by atoms with van der Waals surface area (Å²) in [5, 5.41) is 8.57. The molecule has 0 saturated carbocycles. The molecule has 0 aliphatic rings. The first-order valence-electron chi connectivity index (χ1n) is 5.11. The zero-order valence-electron chi connectivity index (χ0n) is 9.84.